The van der Waals surface area contributed by atoms with Gasteiger partial charge in [-0.25, -0.2) is 9.80 Å². The third-order valence-electron chi connectivity index (χ3n) is 5.36. The van der Waals surface area contributed by atoms with Gasteiger partial charge in [0.2, 0.25) is 5.95 Å². The normalized spacial score (nSPS) is 16.5. The van der Waals surface area contributed by atoms with Gasteiger partial charge in [0.1, 0.15) is 0 Å². The quantitative estimate of drug-likeness (QED) is 0.639. The summed E-state index contributed by atoms with van der Waals surface area (Å²) >= 11 is 0. The molecule has 1 atom stereocenters. The number of benzene rings is 1. The molecule has 8 heteroatoms. The molecular formula is C21H24N6O2. The lowest BCUT2D eigenvalue weighted by atomic mass is 10.2. The van der Waals surface area contributed by atoms with Crippen molar-refractivity contribution in [3.05, 3.63) is 68.9 Å². The number of nitrogens with zero attached hydrogens (tertiary/aromatic N) is 6. The summed E-state index contributed by atoms with van der Waals surface area (Å²) in [6.45, 7) is 6.54. The molecule has 1 aliphatic heterocycles. The minimum absolute atomic E-state index is 0.137. The van der Waals surface area contributed by atoms with Gasteiger partial charge in [0.15, 0.2) is 11.2 Å². The Balaban J connectivity index is 1.96. The van der Waals surface area contributed by atoms with E-state index in [1.165, 1.54) is 9.13 Å². The maximum atomic E-state index is 13.3. The predicted molar refractivity (Wildman–Crippen MR) is 114 cm³/mol. The fourth-order valence-electron chi connectivity index (χ4n) is 3.62. The molecule has 0 amide bonds. The van der Waals surface area contributed by atoms with E-state index in [1.54, 1.807) is 18.1 Å². The van der Waals surface area contributed by atoms with Crippen LogP contribution in [0.1, 0.15) is 32.4 Å². The standard InChI is InChI=1S/C21H24N6O2/c1-5-6-12-25-19(28)17-18(24(4)21(25)29)22-20-26(13-16-10-8-7-9-11-16)23-14(2)15(3)27(17)20/h5-11,15H,12-13H2,1-4H3/b6-5+/t15-/m1/s1. The lowest BCUT2D eigenvalue weighted by Crippen LogP contribution is -2.40. The smallest absolute Gasteiger partial charge is 0.294 e. The van der Waals surface area contributed by atoms with Gasteiger partial charge in [0, 0.05) is 13.6 Å². The third kappa shape index (κ3) is 3.00. The number of aryl methyl sites for hydroxylation is 1. The molecule has 0 aliphatic carbocycles. The first-order chi connectivity index (χ1) is 13.9. The first kappa shape index (κ1) is 18.9. The minimum atomic E-state index is -0.379. The van der Waals surface area contributed by atoms with Gasteiger partial charge in [0.25, 0.3) is 5.56 Å². The number of hydrogen-bond acceptors (Lipinski definition) is 5. The van der Waals surface area contributed by atoms with Crippen LogP contribution >= 0.6 is 0 Å². The number of imidazole rings is 1. The van der Waals surface area contributed by atoms with Gasteiger partial charge in [-0.2, -0.15) is 10.1 Å². The summed E-state index contributed by atoms with van der Waals surface area (Å²) in [6.07, 6.45) is 3.61. The van der Waals surface area contributed by atoms with Crippen LogP contribution in [0.15, 0.2) is 57.2 Å². The Morgan fingerprint density at radius 3 is 2.59 bits per heavy atom. The lowest BCUT2D eigenvalue weighted by Gasteiger charge is -2.29. The van der Waals surface area contributed by atoms with Crippen molar-refractivity contribution in [3.63, 3.8) is 0 Å². The fraction of sp³-hybridized carbons (Fsp3) is 0.333. The number of hydrogen-bond donors (Lipinski definition) is 0. The molecule has 3 aromatic rings. The number of anilines is 1. The minimum Gasteiger partial charge on any atom is -0.294 e. The summed E-state index contributed by atoms with van der Waals surface area (Å²) in [4.78, 5) is 30.7. The Labute approximate surface area is 168 Å². The van der Waals surface area contributed by atoms with Crippen LogP contribution in [-0.4, -0.2) is 24.4 Å². The summed E-state index contributed by atoms with van der Waals surface area (Å²) in [5.74, 6) is 0.567. The molecule has 0 radical (unpaired) electrons. The molecule has 1 aliphatic rings. The van der Waals surface area contributed by atoms with Crippen LogP contribution in [0, 0.1) is 0 Å². The van der Waals surface area contributed by atoms with Crippen LogP contribution in [0.2, 0.25) is 0 Å². The molecule has 150 valence electrons. The van der Waals surface area contributed by atoms with E-state index in [-0.39, 0.29) is 23.8 Å². The Kier molecular flexibility index (Phi) is 4.70. The van der Waals surface area contributed by atoms with Gasteiger partial charge in [-0.1, -0.05) is 42.5 Å². The molecular weight excluding hydrogens is 368 g/mol. The van der Waals surface area contributed by atoms with Gasteiger partial charge in [-0.3, -0.25) is 18.5 Å². The maximum Gasteiger partial charge on any atom is 0.332 e. The van der Waals surface area contributed by atoms with Gasteiger partial charge >= 0.3 is 5.69 Å². The molecule has 0 N–H and O–H groups in total. The van der Waals surface area contributed by atoms with E-state index in [0.29, 0.717) is 23.7 Å². The Bertz CT molecular complexity index is 1250. The van der Waals surface area contributed by atoms with Crippen molar-refractivity contribution in [2.45, 2.75) is 39.9 Å². The highest BCUT2D eigenvalue weighted by Gasteiger charge is 2.30. The number of rotatable bonds is 4. The summed E-state index contributed by atoms with van der Waals surface area (Å²) in [5, 5.41) is 6.50. The average Bonchev–Trinajstić information content (AvgIpc) is 3.12. The van der Waals surface area contributed by atoms with Crippen LogP contribution < -0.4 is 16.3 Å². The zero-order valence-corrected chi connectivity index (χ0v) is 17.0. The van der Waals surface area contributed by atoms with E-state index < -0.39 is 0 Å². The highest BCUT2D eigenvalue weighted by Crippen LogP contribution is 2.30. The second kappa shape index (κ2) is 7.20. The molecule has 8 nitrogen and oxygen atoms in total. The van der Waals surface area contributed by atoms with Crippen molar-refractivity contribution in [1.29, 1.82) is 0 Å². The van der Waals surface area contributed by atoms with Crippen LogP contribution in [0.25, 0.3) is 11.2 Å². The van der Waals surface area contributed by atoms with Gasteiger partial charge in [-0.05, 0) is 26.3 Å². The van der Waals surface area contributed by atoms with Crippen LogP contribution in [-0.2, 0) is 20.1 Å². The Morgan fingerprint density at radius 1 is 1.17 bits per heavy atom. The second-order valence-electron chi connectivity index (χ2n) is 7.24. The summed E-state index contributed by atoms with van der Waals surface area (Å²) in [7, 11) is 1.65. The van der Waals surface area contributed by atoms with Crippen molar-refractivity contribution in [2.75, 3.05) is 5.01 Å². The first-order valence-electron chi connectivity index (χ1n) is 9.63. The van der Waals surface area contributed by atoms with E-state index in [9.17, 15) is 9.59 Å². The van der Waals surface area contributed by atoms with Crippen LogP contribution in [0.4, 0.5) is 5.95 Å². The molecule has 2 aromatic heterocycles. The van der Waals surface area contributed by atoms with E-state index in [0.717, 1.165) is 11.3 Å². The zero-order valence-electron chi connectivity index (χ0n) is 17.0. The first-order valence-corrected chi connectivity index (χ1v) is 9.63. The third-order valence-corrected chi connectivity index (χ3v) is 5.36. The number of allylic oxidation sites excluding steroid dienone is 2. The van der Waals surface area contributed by atoms with Crippen molar-refractivity contribution < 1.29 is 0 Å². The molecule has 0 unspecified atom stereocenters. The van der Waals surface area contributed by atoms with E-state index >= 15 is 0 Å². The topological polar surface area (TPSA) is 77.4 Å². The number of fused-ring (bicyclic) bond motifs is 3. The molecule has 0 bridgehead atoms. The fourth-order valence-corrected chi connectivity index (χ4v) is 3.62. The zero-order chi connectivity index (χ0) is 20.7. The van der Waals surface area contributed by atoms with E-state index in [4.69, 9.17) is 5.10 Å². The predicted octanol–water partition coefficient (Wildman–Crippen LogP) is 2.43. The van der Waals surface area contributed by atoms with Gasteiger partial charge in [-0.15, -0.1) is 0 Å². The van der Waals surface area contributed by atoms with Crippen molar-refractivity contribution in [2.24, 2.45) is 12.1 Å². The van der Waals surface area contributed by atoms with Crippen molar-refractivity contribution >= 4 is 22.8 Å². The van der Waals surface area contributed by atoms with Gasteiger partial charge in [0.05, 0.1) is 18.3 Å². The molecule has 0 saturated carbocycles. The van der Waals surface area contributed by atoms with Crippen LogP contribution in [0.5, 0.6) is 0 Å². The van der Waals surface area contributed by atoms with Gasteiger partial charge < -0.3 is 0 Å². The molecule has 0 saturated heterocycles. The van der Waals surface area contributed by atoms with Crippen LogP contribution in [0.3, 0.4) is 0 Å². The van der Waals surface area contributed by atoms with E-state index in [1.807, 2.05) is 61.7 Å². The summed E-state index contributed by atoms with van der Waals surface area (Å²) < 4.78 is 4.58. The van der Waals surface area contributed by atoms with Crippen molar-refractivity contribution in [1.82, 2.24) is 18.7 Å². The molecule has 3 heterocycles. The van der Waals surface area contributed by atoms with E-state index in [2.05, 4.69) is 4.98 Å². The summed E-state index contributed by atoms with van der Waals surface area (Å²) in [6, 6.07) is 9.83. The highest BCUT2D eigenvalue weighted by atomic mass is 16.2. The molecule has 29 heavy (non-hydrogen) atoms. The number of hydrazone groups is 1. The SMILES string of the molecule is C/C=C/Cn1c(=O)c2c(nc3n2[C@H](C)C(C)=NN3Cc2ccccc2)n(C)c1=O. The summed E-state index contributed by atoms with van der Waals surface area (Å²) in [5.41, 5.74) is 2.04. The molecule has 0 spiro atoms. The molecule has 4 rings (SSSR count). The van der Waals surface area contributed by atoms with Crippen molar-refractivity contribution in [3.8, 4) is 0 Å². The lowest BCUT2D eigenvalue weighted by molar-refractivity contribution is 0.628. The number of aromatic nitrogens is 4. The highest BCUT2D eigenvalue weighted by molar-refractivity contribution is 5.91. The monoisotopic (exact) mass is 392 g/mol. The molecule has 0 fully saturated rings. The maximum absolute atomic E-state index is 13.3. The average molecular weight is 392 g/mol. The largest absolute Gasteiger partial charge is 0.332 e. The molecule has 1 aromatic carbocycles. The second-order valence-corrected chi connectivity index (χ2v) is 7.24. The Morgan fingerprint density at radius 2 is 1.90 bits per heavy atom. The Hall–Kier alpha value is -3.42.